The maximum absolute atomic E-state index is 12.5. The SMILES string of the molecule is [O-][S+](Cc1ccccc1)c1[c]c(Cc2ccccc2)ccc1. The molecule has 0 spiro atoms. The van der Waals surface area contributed by atoms with E-state index < -0.39 is 11.2 Å². The zero-order valence-corrected chi connectivity index (χ0v) is 13.1. The van der Waals surface area contributed by atoms with Gasteiger partial charge in [0.05, 0.1) is 0 Å². The van der Waals surface area contributed by atoms with Gasteiger partial charge in [-0.2, -0.15) is 0 Å². The van der Waals surface area contributed by atoms with Crippen LogP contribution in [0.4, 0.5) is 0 Å². The zero-order valence-electron chi connectivity index (χ0n) is 12.2. The fourth-order valence-electron chi connectivity index (χ4n) is 2.35. The third-order valence-electron chi connectivity index (χ3n) is 3.45. The van der Waals surface area contributed by atoms with Crippen LogP contribution >= 0.6 is 0 Å². The molecule has 22 heavy (non-hydrogen) atoms. The number of rotatable bonds is 5. The van der Waals surface area contributed by atoms with E-state index in [9.17, 15) is 4.55 Å². The van der Waals surface area contributed by atoms with E-state index in [0.717, 1.165) is 22.4 Å². The van der Waals surface area contributed by atoms with E-state index in [1.807, 2.05) is 66.7 Å². The Balaban J connectivity index is 1.73. The number of benzene rings is 3. The molecule has 3 aromatic rings. The summed E-state index contributed by atoms with van der Waals surface area (Å²) in [7, 11) is 0. The van der Waals surface area contributed by atoms with Gasteiger partial charge in [0.1, 0.15) is 5.75 Å². The highest BCUT2D eigenvalue weighted by Crippen LogP contribution is 2.18. The van der Waals surface area contributed by atoms with Crippen molar-refractivity contribution in [2.24, 2.45) is 0 Å². The second-order valence-electron chi connectivity index (χ2n) is 5.18. The average molecular weight is 305 g/mol. The van der Waals surface area contributed by atoms with E-state index >= 15 is 0 Å². The monoisotopic (exact) mass is 305 g/mol. The van der Waals surface area contributed by atoms with Crippen LogP contribution in [0.25, 0.3) is 0 Å². The van der Waals surface area contributed by atoms with Crippen molar-refractivity contribution in [2.45, 2.75) is 17.1 Å². The number of hydrogen-bond acceptors (Lipinski definition) is 1. The minimum absolute atomic E-state index is 0.534. The first-order chi connectivity index (χ1) is 10.8. The summed E-state index contributed by atoms with van der Waals surface area (Å²) in [6.07, 6.45) is 0.817. The highest BCUT2D eigenvalue weighted by molar-refractivity contribution is 7.90. The molecule has 0 bridgehead atoms. The van der Waals surface area contributed by atoms with E-state index in [0.29, 0.717) is 5.75 Å². The molecule has 0 saturated carbocycles. The first-order valence-electron chi connectivity index (χ1n) is 7.29. The highest BCUT2D eigenvalue weighted by atomic mass is 32.2. The Bertz CT molecular complexity index is 710. The minimum Gasteiger partial charge on any atom is -0.611 e. The molecule has 0 aliphatic rings. The van der Waals surface area contributed by atoms with Crippen LogP contribution in [0.2, 0.25) is 0 Å². The van der Waals surface area contributed by atoms with Gasteiger partial charge in [-0.1, -0.05) is 72.8 Å². The molecular weight excluding hydrogens is 288 g/mol. The van der Waals surface area contributed by atoms with Crippen molar-refractivity contribution in [3.8, 4) is 0 Å². The van der Waals surface area contributed by atoms with Gasteiger partial charge in [0.15, 0.2) is 4.90 Å². The molecule has 0 heterocycles. The smallest absolute Gasteiger partial charge is 0.161 e. The maximum atomic E-state index is 12.5. The Hall–Kier alpha value is -2.03. The van der Waals surface area contributed by atoms with E-state index in [4.69, 9.17) is 0 Å². The van der Waals surface area contributed by atoms with Crippen LogP contribution in [0, 0.1) is 6.07 Å². The Morgan fingerprint density at radius 2 is 1.36 bits per heavy atom. The zero-order chi connectivity index (χ0) is 15.2. The lowest BCUT2D eigenvalue weighted by molar-refractivity contribution is 0.594. The normalized spacial score (nSPS) is 12.0. The Morgan fingerprint density at radius 3 is 2.05 bits per heavy atom. The van der Waals surface area contributed by atoms with E-state index in [1.54, 1.807) is 0 Å². The van der Waals surface area contributed by atoms with Crippen LogP contribution in [0.3, 0.4) is 0 Å². The van der Waals surface area contributed by atoms with Crippen molar-refractivity contribution >= 4 is 11.2 Å². The predicted octanol–water partition coefficient (Wildman–Crippen LogP) is 4.39. The van der Waals surface area contributed by atoms with Crippen molar-refractivity contribution < 1.29 is 4.55 Å². The first kappa shape index (κ1) is 14.9. The van der Waals surface area contributed by atoms with Crippen LogP contribution in [0.1, 0.15) is 16.7 Å². The molecule has 3 rings (SSSR count). The summed E-state index contributed by atoms with van der Waals surface area (Å²) in [5.74, 6) is 0.534. The molecule has 2 heteroatoms. The largest absolute Gasteiger partial charge is 0.611 e. The minimum atomic E-state index is -1.06. The molecule has 1 unspecified atom stereocenters. The molecule has 1 atom stereocenters. The molecule has 0 N–H and O–H groups in total. The first-order valence-corrected chi connectivity index (χ1v) is 8.60. The van der Waals surface area contributed by atoms with Gasteiger partial charge in [-0.15, -0.1) is 0 Å². The lowest BCUT2D eigenvalue weighted by Crippen LogP contribution is -2.06. The van der Waals surface area contributed by atoms with Crippen molar-refractivity contribution in [3.63, 3.8) is 0 Å². The van der Waals surface area contributed by atoms with Crippen LogP contribution in [0.5, 0.6) is 0 Å². The van der Waals surface area contributed by atoms with E-state index in [-0.39, 0.29) is 0 Å². The van der Waals surface area contributed by atoms with Crippen LogP contribution in [0.15, 0.2) is 83.8 Å². The fraction of sp³-hybridized carbons (Fsp3) is 0.100. The summed E-state index contributed by atoms with van der Waals surface area (Å²) >= 11 is -1.06. The maximum Gasteiger partial charge on any atom is 0.161 e. The topological polar surface area (TPSA) is 23.1 Å². The average Bonchev–Trinajstić information content (AvgIpc) is 2.57. The summed E-state index contributed by atoms with van der Waals surface area (Å²) < 4.78 is 12.5. The molecule has 1 nitrogen and oxygen atoms in total. The molecular formula is C20H17OS. The Labute approximate surface area is 134 Å². The summed E-state index contributed by atoms with van der Waals surface area (Å²) in [6, 6.07) is 29.4. The Kier molecular flexibility index (Phi) is 4.94. The van der Waals surface area contributed by atoms with Crippen LogP contribution in [-0.2, 0) is 23.3 Å². The summed E-state index contributed by atoms with van der Waals surface area (Å²) in [4.78, 5) is 0.775. The molecule has 0 aliphatic carbocycles. The summed E-state index contributed by atoms with van der Waals surface area (Å²) in [5.41, 5.74) is 3.40. The molecule has 1 radical (unpaired) electrons. The molecule has 0 aliphatic heterocycles. The van der Waals surface area contributed by atoms with Gasteiger partial charge in [-0.05, 0) is 34.8 Å². The quantitative estimate of drug-likeness (QED) is 0.641. The van der Waals surface area contributed by atoms with Gasteiger partial charge in [0, 0.05) is 11.6 Å². The Morgan fingerprint density at radius 1 is 0.727 bits per heavy atom. The molecule has 0 saturated heterocycles. The molecule has 0 fully saturated rings. The summed E-state index contributed by atoms with van der Waals surface area (Å²) in [6.45, 7) is 0. The van der Waals surface area contributed by atoms with Crippen molar-refractivity contribution in [2.75, 3.05) is 0 Å². The van der Waals surface area contributed by atoms with Crippen molar-refractivity contribution in [1.82, 2.24) is 0 Å². The van der Waals surface area contributed by atoms with Crippen LogP contribution < -0.4 is 0 Å². The van der Waals surface area contributed by atoms with E-state index in [1.165, 1.54) is 5.56 Å². The predicted molar refractivity (Wildman–Crippen MR) is 91.1 cm³/mol. The van der Waals surface area contributed by atoms with E-state index in [2.05, 4.69) is 18.2 Å². The van der Waals surface area contributed by atoms with Gasteiger partial charge in [0.25, 0.3) is 0 Å². The lowest BCUT2D eigenvalue weighted by atomic mass is 10.1. The molecule has 109 valence electrons. The van der Waals surface area contributed by atoms with Crippen LogP contribution in [-0.4, -0.2) is 4.55 Å². The van der Waals surface area contributed by atoms with Gasteiger partial charge >= 0.3 is 0 Å². The highest BCUT2D eigenvalue weighted by Gasteiger charge is 2.13. The number of hydrogen-bond donors (Lipinski definition) is 0. The van der Waals surface area contributed by atoms with Gasteiger partial charge in [-0.3, -0.25) is 0 Å². The molecule has 0 amide bonds. The standard InChI is InChI=1S/C20H17OS/c21-22(16-18-10-5-2-6-11-18)20-13-7-12-19(15-20)14-17-8-3-1-4-9-17/h1-13H,14,16H2. The fourth-order valence-corrected chi connectivity index (χ4v) is 3.47. The third-order valence-corrected chi connectivity index (χ3v) is 4.78. The van der Waals surface area contributed by atoms with Gasteiger partial charge in [0.2, 0.25) is 0 Å². The lowest BCUT2D eigenvalue weighted by Gasteiger charge is -2.11. The van der Waals surface area contributed by atoms with Crippen molar-refractivity contribution in [3.05, 3.63) is 102 Å². The molecule has 0 aromatic heterocycles. The summed E-state index contributed by atoms with van der Waals surface area (Å²) in [5, 5.41) is 0. The van der Waals surface area contributed by atoms with Crippen molar-refractivity contribution in [1.29, 1.82) is 0 Å². The molecule has 3 aromatic carbocycles. The second kappa shape index (κ2) is 7.30. The second-order valence-corrected chi connectivity index (χ2v) is 6.60. The van der Waals surface area contributed by atoms with Gasteiger partial charge < -0.3 is 4.55 Å². The third kappa shape index (κ3) is 4.00. The van der Waals surface area contributed by atoms with Gasteiger partial charge in [-0.25, -0.2) is 0 Å².